The highest BCUT2D eigenvalue weighted by molar-refractivity contribution is 5.61. The molecule has 0 spiro atoms. The molecule has 12 heavy (non-hydrogen) atoms. The first-order valence-electron chi connectivity index (χ1n) is 2.53. The van der Waals surface area contributed by atoms with Crippen molar-refractivity contribution >= 4 is 12.2 Å². The number of nitrogens with two attached hydrogens (primary N) is 2. The van der Waals surface area contributed by atoms with Crippen LogP contribution in [0, 0.1) is 0 Å². The molecule has 0 saturated carbocycles. The summed E-state index contributed by atoms with van der Waals surface area (Å²) >= 11 is 0. The van der Waals surface area contributed by atoms with Crippen LogP contribution in [-0.2, 0) is 0 Å². The number of primary amides is 2. The largest absolute Gasteiger partial charge is 0.465 e. The van der Waals surface area contributed by atoms with Crippen molar-refractivity contribution in [2.75, 3.05) is 0 Å². The van der Waals surface area contributed by atoms with Gasteiger partial charge in [-0.1, -0.05) is 0 Å². The van der Waals surface area contributed by atoms with Crippen LogP contribution in [0.3, 0.4) is 0 Å². The van der Waals surface area contributed by atoms with E-state index in [2.05, 4.69) is 11.5 Å². The van der Waals surface area contributed by atoms with Gasteiger partial charge in [-0.05, 0) is 6.92 Å². The Hall–Kier alpha value is -1.54. The maximum Gasteiger partial charge on any atom is 0.402 e. The first kappa shape index (κ1) is 16.8. The Bertz CT molecular complexity index is 102. The Balaban J connectivity index is -0.000000101. The standard InChI is InChI=1S/C2H6O2.2CH3NO2/c1-2(3)4;2*2-1(3)4/h2-4H,1H3;2*2H2,(H,3,4). The third-order valence-electron chi connectivity index (χ3n) is 0. The molecule has 0 unspecified atom stereocenters. The van der Waals surface area contributed by atoms with Gasteiger partial charge in [0.05, 0.1) is 0 Å². The van der Waals surface area contributed by atoms with Crippen molar-refractivity contribution < 1.29 is 30.0 Å². The first-order valence-corrected chi connectivity index (χ1v) is 2.53. The molecule has 0 atom stereocenters. The summed E-state index contributed by atoms with van der Waals surface area (Å²) in [5.74, 6) is 0. The van der Waals surface area contributed by atoms with Crippen LogP contribution in [0.5, 0.6) is 0 Å². The molecule has 8 nitrogen and oxygen atoms in total. The van der Waals surface area contributed by atoms with Crippen LogP contribution in [0.1, 0.15) is 6.92 Å². The van der Waals surface area contributed by atoms with Gasteiger partial charge in [0.15, 0.2) is 0 Å². The van der Waals surface area contributed by atoms with E-state index in [1.165, 1.54) is 6.92 Å². The maximum absolute atomic E-state index is 8.78. The summed E-state index contributed by atoms with van der Waals surface area (Å²) in [5, 5.41) is 29.6. The normalized spacial score (nSPS) is 7.00. The third-order valence-corrected chi connectivity index (χ3v) is 0. The molecule has 0 aliphatic rings. The van der Waals surface area contributed by atoms with Crippen LogP contribution in [-0.4, -0.2) is 38.9 Å². The zero-order chi connectivity index (χ0) is 10.7. The molecule has 0 radical (unpaired) electrons. The van der Waals surface area contributed by atoms with Crippen molar-refractivity contribution in [1.82, 2.24) is 0 Å². The highest BCUT2D eigenvalue weighted by atomic mass is 16.5. The molecular formula is C4H12N2O6. The summed E-state index contributed by atoms with van der Waals surface area (Å²) in [7, 11) is 0. The van der Waals surface area contributed by atoms with Gasteiger partial charge in [-0.25, -0.2) is 9.59 Å². The molecule has 0 aliphatic carbocycles. The fraction of sp³-hybridized carbons (Fsp3) is 0.500. The number of carbonyl (C=O) groups is 2. The summed E-state index contributed by atoms with van der Waals surface area (Å²) in [5.41, 5.74) is 8.06. The van der Waals surface area contributed by atoms with Crippen LogP contribution in [0.15, 0.2) is 0 Å². The topological polar surface area (TPSA) is 167 Å². The van der Waals surface area contributed by atoms with Crippen molar-refractivity contribution in [2.24, 2.45) is 11.5 Å². The molecule has 8 N–H and O–H groups in total. The minimum atomic E-state index is -1.33. The molecule has 8 heteroatoms. The van der Waals surface area contributed by atoms with Gasteiger partial charge in [-0.15, -0.1) is 0 Å². The Morgan fingerprint density at radius 1 is 1.08 bits per heavy atom. The minimum Gasteiger partial charge on any atom is -0.465 e. The van der Waals surface area contributed by atoms with Crippen molar-refractivity contribution in [2.45, 2.75) is 13.2 Å². The second-order valence-electron chi connectivity index (χ2n) is 1.31. The molecule has 0 heterocycles. The zero-order valence-corrected chi connectivity index (χ0v) is 6.34. The lowest BCUT2D eigenvalue weighted by atomic mass is 10.8. The van der Waals surface area contributed by atoms with Gasteiger partial charge in [0.1, 0.15) is 6.29 Å². The maximum atomic E-state index is 8.78. The zero-order valence-electron chi connectivity index (χ0n) is 6.34. The summed E-state index contributed by atoms with van der Waals surface area (Å²) in [4.78, 5) is 17.6. The highest BCUT2D eigenvalue weighted by Gasteiger charge is 1.70. The van der Waals surface area contributed by atoms with Gasteiger partial charge in [-0.2, -0.15) is 0 Å². The van der Waals surface area contributed by atoms with Crippen molar-refractivity contribution in [3.8, 4) is 0 Å². The number of aliphatic hydroxyl groups excluding tert-OH is 1. The highest BCUT2D eigenvalue weighted by Crippen LogP contribution is 1.57. The van der Waals surface area contributed by atoms with Crippen LogP contribution in [0.25, 0.3) is 0 Å². The molecule has 2 amide bonds. The molecule has 0 rings (SSSR count). The van der Waals surface area contributed by atoms with E-state index in [1.54, 1.807) is 0 Å². The van der Waals surface area contributed by atoms with E-state index in [0.717, 1.165) is 0 Å². The number of carboxylic acid groups (broad SMARTS) is 2. The van der Waals surface area contributed by atoms with Crippen molar-refractivity contribution in [3.63, 3.8) is 0 Å². The van der Waals surface area contributed by atoms with E-state index in [1.807, 2.05) is 0 Å². The monoisotopic (exact) mass is 184 g/mol. The average molecular weight is 184 g/mol. The van der Waals surface area contributed by atoms with E-state index in [0.29, 0.717) is 0 Å². The van der Waals surface area contributed by atoms with E-state index in [9.17, 15) is 0 Å². The second-order valence-corrected chi connectivity index (χ2v) is 1.31. The van der Waals surface area contributed by atoms with Gasteiger partial charge in [0, 0.05) is 0 Å². The fourth-order valence-corrected chi connectivity index (χ4v) is 0. The Morgan fingerprint density at radius 2 is 1.08 bits per heavy atom. The SMILES string of the molecule is CC(O)O.NC(=O)O.NC(=O)O. The van der Waals surface area contributed by atoms with E-state index in [4.69, 9.17) is 30.0 Å². The predicted molar refractivity (Wildman–Crippen MR) is 38.3 cm³/mol. The van der Waals surface area contributed by atoms with Gasteiger partial charge in [0.25, 0.3) is 0 Å². The molecule has 0 aromatic carbocycles. The predicted octanol–water partition coefficient (Wildman–Crippen LogP) is -1.44. The molecule has 0 aromatic rings. The number of hydrogen-bond acceptors (Lipinski definition) is 4. The smallest absolute Gasteiger partial charge is 0.402 e. The molecule has 0 fully saturated rings. The van der Waals surface area contributed by atoms with Gasteiger partial charge < -0.3 is 31.9 Å². The molecule has 74 valence electrons. The van der Waals surface area contributed by atoms with E-state index in [-0.39, 0.29) is 0 Å². The van der Waals surface area contributed by atoms with Crippen LogP contribution in [0.2, 0.25) is 0 Å². The molecule has 0 bridgehead atoms. The fourth-order valence-electron chi connectivity index (χ4n) is 0. The van der Waals surface area contributed by atoms with Crippen LogP contribution in [0.4, 0.5) is 9.59 Å². The molecule has 0 aromatic heterocycles. The third kappa shape index (κ3) is 199. The molecule has 0 saturated heterocycles. The van der Waals surface area contributed by atoms with Crippen LogP contribution < -0.4 is 11.5 Å². The second kappa shape index (κ2) is 12.2. The Kier molecular flexibility index (Phi) is 17.1. The lowest BCUT2D eigenvalue weighted by Crippen LogP contribution is -2.03. The van der Waals surface area contributed by atoms with Crippen LogP contribution >= 0.6 is 0 Å². The summed E-state index contributed by atoms with van der Waals surface area (Å²) in [6.45, 7) is 1.28. The Morgan fingerprint density at radius 3 is 1.08 bits per heavy atom. The summed E-state index contributed by atoms with van der Waals surface area (Å²) in [6.07, 6.45) is -3.83. The minimum absolute atomic E-state index is 1.17. The van der Waals surface area contributed by atoms with Gasteiger partial charge >= 0.3 is 12.2 Å². The van der Waals surface area contributed by atoms with E-state index < -0.39 is 18.5 Å². The van der Waals surface area contributed by atoms with E-state index >= 15 is 0 Å². The lowest BCUT2D eigenvalue weighted by molar-refractivity contribution is -0.0228. The van der Waals surface area contributed by atoms with Crippen molar-refractivity contribution in [3.05, 3.63) is 0 Å². The first-order chi connectivity index (χ1) is 5.20. The number of hydrogen-bond donors (Lipinski definition) is 6. The van der Waals surface area contributed by atoms with Gasteiger partial charge in [-0.3, -0.25) is 0 Å². The number of aliphatic hydroxyl groups is 2. The molecular weight excluding hydrogens is 172 g/mol. The summed E-state index contributed by atoms with van der Waals surface area (Å²) < 4.78 is 0. The quantitative estimate of drug-likeness (QED) is 0.252. The average Bonchev–Trinajstić information content (AvgIpc) is 1.54. The lowest BCUT2D eigenvalue weighted by Gasteiger charge is -1.80. The van der Waals surface area contributed by atoms with Crippen molar-refractivity contribution in [1.29, 1.82) is 0 Å². The summed E-state index contributed by atoms with van der Waals surface area (Å²) in [6, 6.07) is 0. The Labute approximate surface area is 68.0 Å². The number of amides is 2. The number of rotatable bonds is 0. The van der Waals surface area contributed by atoms with Gasteiger partial charge in [0.2, 0.25) is 0 Å². The molecule has 0 aliphatic heterocycles.